The molecule has 1 aromatic heterocycles. The summed E-state index contributed by atoms with van der Waals surface area (Å²) in [5.74, 6) is 0.103. The van der Waals surface area contributed by atoms with E-state index in [-0.39, 0.29) is 5.91 Å². The van der Waals surface area contributed by atoms with Gasteiger partial charge < -0.3 is 10.6 Å². The third-order valence-corrected chi connectivity index (χ3v) is 2.60. The Bertz CT molecular complexity index is 274. The molecule has 15 heavy (non-hydrogen) atoms. The largest absolute Gasteiger partial charge is 0.356 e. The highest BCUT2D eigenvalue weighted by Gasteiger charge is 2.00. The lowest BCUT2D eigenvalue weighted by Gasteiger charge is -2.04. The van der Waals surface area contributed by atoms with Crippen molar-refractivity contribution in [2.75, 3.05) is 19.6 Å². The van der Waals surface area contributed by atoms with Crippen molar-refractivity contribution in [1.82, 2.24) is 15.6 Å². The molecular formula is C10H17N3OS. The van der Waals surface area contributed by atoms with Gasteiger partial charge in [-0.15, -0.1) is 11.3 Å². The Labute approximate surface area is 94.1 Å². The monoisotopic (exact) mass is 227 g/mol. The number of hydrogen-bond acceptors (Lipinski definition) is 4. The summed E-state index contributed by atoms with van der Waals surface area (Å²) in [5.41, 5.74) is 2.86. The molecule has 0 aliphatic rings. The van der Waals surface area contributed by atoms with Crippen molar-refractivity contribution in [2.45, 2.75) is 19.8 Å². The molecule has 0 radical (unpaired) electrons. The fraction of sp³-hybridized carbons (Fsp3) is 0.600. The van der Waals surface area contributed by atoms with Gasteiger partial charge in [0.2, 0.25) is 5.91 Å². The van der Waals surface area contributed by atoms with E-state index in [9.17, 15) is 4.79 Å². The van der Waals surface area contributed by atoms with E-state index in [1.165, 1.54) is 0 Å². The topological polar surface area (TPSA) is 54.0 Å². The smallest absolute Gasteiger partial charge is 0.221 e. The minimum atomic E-state index is 0.103. The van der Waals surface area contributed by atoms with Crippen molar-refractivity contribution in [1.29, 1.82) is 0 Å². The molecule has 0 bridgehead atoms. The Balaban J connectivity index is 2.02. The first-order valence-electron chi connectivity index (χ1n) is 5.17. The van der Waals surface area contributed by atoms with Crippen molar-refractivity contribution >= 4 is 17.2 Å². The predicted octanol–water partition coefficient (Wildman–Crippen LogP) is 0.801. The second-order valence-electron chi connectivity index (χ2n) is 3.18. The van der Waals surface area contributed by atoms with Gasteiger partial charge in [-0.25, -0.2) is 4.98 Å². The fourth-order valence-corrected chi connectivity index (χ4v) is 1.75. The lowest BCUT2D eigenvalue weighted by Crippen LogP contribution is -2.29. The minimum absolute atomic E-state index is 0.103. The standard InChI is InChI=1S/C10H17N3OS/c1-2-11-5-4-10(14)12-6-3-9-7-15-8-13-9/h7-8,11H,2-6H2,1H3,(H,12,14). The van der Waals surface area contributed by atoms with E-state index in [0.717, 1.165) is 25.2 Å². The van der Waals surface area contributed by atoms with Gasteiger partial charge in [-0.1, -0.05) is 6.92 Å². The van der Waals surface area contributed by atoms with Gasteiger partial charge in [0.1, 0.15) is 0 Å². The average molecular weight is 227 g/mol. The van der Waals surface area contributed by atoms with Crippen LogP contribution in [0.2, 0.25) is 0 Å². The van der Waals surface area contributed by atoms with E-state index in [1.807, 2.05) is 17.8 Å². The fourth-order valence-electron chi connectivity index (χ4n) is 1.16. The number of rotatable bonds is 7. The highest BCUT2D eigenvalue weighted by molar-refractivity contribution is 7.07. The molecule has 4 nitrogen and oxygen atoms in total. The molecule has 0 fully saturated rings. The van der Waals surface area contributed by atoms with Crippen LogP contribution in [-0.2, 0) is 11.2 Å². The maximum atomic E-state index is 11.3. The highest BCUT2D eigenvalue weighted by Crippen LogP contribution is 2.00. The quantitative estimate of drug-likeness (QED) is 0.678. The molecule has 0 aliphatic carbocycles. The summed E-state index contributed by atoms with van der Waals surface area (Å²) in [6.45, 7) is 4.36. The second-order valence-corrected chi connectivity index (χ2v) is 3.90. The molecule has 1 aromatic rings. The molecule has 84 valence electrons. The van der Waals surface area contributed by atoms with Crippen LogP contribution in [0.15, 0.2) is 10.9 Å². The van der Waals surface area contributed by atoms with E-state index >= 15 is 0 Å². The van der Waals surface area contributed by atoms with Gasteiger partial charge in [-0.2, -0.15) is 0 Å². The van der Waals surface area contributed by atoms with Gasteiger partial charge in [0.25, 0.3) is 0 Å². The molecule has 0 unspecified atom stereocenters. The number of carbonyl (C=O) groups excluding carboxylic acids is 1. The predicted molar refractivity (Wildman–Crippen MR) is 62.0 cm³/mol. The summed E-state index contributed by atoms with van der Waals surface area (Å²) in [4.78, 5) is 15.4. The summed E-state index contributed by atoms with van der Waals surface area (Å²) in [6.07, 6.45) is 1.36. The molecular weight excluding hydrogens is 210 g/mol. The average Bonchev–Trinajstić information content (AvgIpc) is 2.71. The van der Waals surface area contributed by atoms with Crippen LogP contribution >= 0.6 is 11.3 Å². The molecule has 0 atom stereocenters. The summed E-state index contributed by atoms with van der Waals surface area (Å²) in [5, 5.41) is 7.98. The highest BCUT2D eigenvalue weighted by atomic mass is 32.1. The lowest BCUT2D eigenvalue weighted by molar-refractivity contribution is -0.120. The van der Waals surface area contributed by atoms with Crippen LogP contribution in [0.5, 0.6) is 0 Å². The molecule has 5 heteroatoms. The van der Waals surface area contributed by atoms with Crippen molar-refractivity contribution in [3.05, 3.63) is 16.6 Å². The van der Waals surface area contributed by atoms with Crippen LogP contribution in [0, 0.1) is 0 Å². The molecule has 0 saturated heterocycles. The zero-order valence-corrected chi connectivity index (χ0v) is 9.77. The molecule has 1 heterocycles. The molecule has 0 spiro atoms. The Hall–Kier alpha value is -0.940. The van der Waals surface area contributed by atoms with Crippen LogP contribution in [0.1, 0.15) is 19.0 Å². The van der Waals surface area contributed by atoms with Gasteiger partial charge in [0.05, 0.1) is 11.2 Å². The van der Waals surface area contributed by atoms with Crippen molar-refractivity contribution < 1.29 is 4.79 Å². The minimum Gasteiger partial charge on any atom is -0.356 e. The Morgan fingerprint density at radius 2 is 2.40 bits per heavy atom. The van der Waals surface area contributed by atoms with E-state index in [2.05, 4.69) is 15.6 Å². The third-order valence-electron chi connectivity index (χ3n) is 1.97. The lowest BCUT2D eigenvalue weighted by atomic mass is 10.3. The molecule has 0 aromatic carbocycles. The van der Waals surface area contributed by atoms with Gasteiger partial charge in [0.15, 0.2) is 0 Å². The van der Waals surface area contributed by atoms with Gasteiger partial charge >= 0.3 is 0 Å². The maximum Gasteiger partial charge on any atom is 0.221 e. The second kappa shape index (κ2) is 7.36. The number of carbonyl (C=O) groups is 1. The van der Waals surface area contributed by atoms with Gasteiger partial charge in [-0.3, -0.25) is 4.79 Å². The number of nitrogens with zero attached hydrogens (tertiary/aromatic N) is 1. The molecule has 1 rings (SSSR count). The number of nitrogens with one attached hydrogen (secondary N) is 2. The van der Waals surface area contributed by atoms with Crippen LogP contribution in [0.25, 0.3) is 0 Å². The van der Waals surface area contributed by atoms with E-state index in [0.29, 0.717) is 13.0 Å². The van der Waals surface area contributed by atoms with Gasteiger partial charge in [-0.05, 0) is 6.54 Å². The molecule has 0 saturated carbocycles. The van der Waals surface area contributed by atoms with E-state index < -0.39 is 0 Å². The number of amides is 1. The first-order chi connectivity index (χ1) is 7.33. The first kappa shape index (κ1) is 12.1. The zero-order chi connectivity index (χ0) is 10.9. The Morgan fingerprint density at radius 3 is 3.07 bits per heavy atom. The van der Waals surface area contributed by atoms with Crippen LogP contribution in [0.4, 0.5) is 0 Å². The molecule has 0 aliphatic heterocycles. The van der Waals surface area contributed by atoms with Crippen LogP contribution in [-0.4, -0.2) is 30.5 Å². The van der Waals surface area contributed by atoms with Crippen molar-refractivity contribution in [3.63, 3.8) is 0 Å². The summed E-state index contributed by atoms with van der Waals surface area (Å²) >= 11 is 1.58. The number of aromatic nitrogens is 1. The summed E-state index contributed by atoms with van der Waals surface area (Å²) in [7, 11) is 0. The Morgan fingerprint density at radius 1 is 1.53 bits per heavy atom. The number of hydrogen-bond donors (Lipinski definition) is 2. The molecule has 2 N–H and O–H groups in total. The molecule has 1 amide bonds. The summed E-state index contributed by atoms with van der Waals surface area (Å²) in [6, 6.07) is 0. The normalized spacial score (nSPS) is 10.2. The zero-order valence-electron chi connectivity index (χ0n) is 8.95. The maximum absolute atomic E-state index is 11.3. The summed E-state index contributed by atoms with van der Waals surface area (Å²) < 4.78 is 0. The van der Waals surface area contributed by atoms with Crippen LogP contribution < -0.4 is 10.6 Å². The van der Waals surface area contributed by atoms with E-state index in [4.69, 9.17) is 0 Å². The van der Waals surface area contributed by atoms with Crippen molar-refractivity contribution in [2.24, 2.45) is 0 Å². The third kappa shape index (κ3) is 5.49. The Kier molecular flexibility index (Phi) is 5.96. The van der Waals surface area contributed by atoms with Crippen LogP contribution in [0.3, 0.4) is 0 Å². The first-order valence-corrected chi connectivity index (χ1v) is 6.11. The van der Waals surface area contributed by atoms with E-state index in [1.54, 1.807) is 11.3 Å². The number of thiazole rings is 1. The van der Waals surface area contributed by atoms with Gasteiger partial charge in [0, 0.05) is 31.3 Å². The SMILES string of the molecule is CCNCCC(=O)NCCc1cscn1. The van der Waals surface area contributed by atoms with Crippen molar-refractivity contribution in [3.8, 4) is 0 Å².